The van der Waals surface area contributed by atoms with E-state index in [1.54, 1.807) is 0 Å². The molecule has 0 bridgehead atoms. The third kappa shape index (κ3) is 3.54. The van der Waals surface area contributed by atoms with Crippen molar-refractivity contribution < 1.29 is 23.1 Å². The zero-order valence-electron chi connectivity index (χ0n) is 8.50. The van der Waals surface area contributed by atoms with Crippen LogP contribution in [0.5, 0.6) is 0 Å². The number of hydrogen-bond donors (Lipinski definition) is 3. The highest BCUT2D eigenvalue weighted by atomic mass is 32.2. The Hall–Kier alpha value is -1.57. The van der Waals surface area contributed by atoms with Crippen LogP contribution in [0.2, 0.25) is 0 Å². The van der Waals surface area contributed by atoms with Crippen molar-refractivity contribution in [3.05, 3.63) is 11.5 Å². The van der Waals surface area contributed by atoms with E-state index in [1.807, 2.05) is 0 Å². The number of carbonyl (C=O) groups is 2. The molecule has 7 nitrogen and oxygen atoms in total. The van der Waals surface area contributed by atoms with E-state index in [0.717, 1.165) is 5.41 Å². The molecule has 1 aliphatic heterocycles. The van der Waals surface area contributed by atoms with E-state index in [9.17, 15) is 18.0 Å². The Bertz CT molecular complexity index is 428. The van der Waals surface area contributed by atoms with Gasteiger partial charge in [0, 0.05) is 5.41 Å². The Morgan fingerprint density at radius 3 is 2.56 bits per heavy atom. The van der Waals surface area contributed by atoms with Gasteiger partial charge in [0.05, 0.1) is 11.8 Å². The van der Waals surface area contributed by atoms with E-state index < -0.39 is 33.9 Å². The largest absolute Gasteiger partial charge is 0.480 e. The first kappa shape index (κ1) is 12.5. The van der Waals surface area contributed by atoms with Gasteiger partial charge in [0.1, 0.15) is 6.04 Å². The molecular weight excluding hydrogens is 236 g/mol. The Labute approximate surface area is 92.4 Å². The predicted molar refractivity (Wildman–Crippen MR) is 55.5 cm³/mol. The van der Waals surface area contributed by atoms with Gasteiger partial charge in [-0.15, -0.1) is 0 Å². The smallest absolute Gasteiger partial charge is 0.325 e. The summed E-state index contributed by atoms with van der Waals surface area (Å²) in [4.78, 5) is 21.6. The van der Waals surface area contributed by atoms with Crippen molar-refractivity contribution in [2.45, 2.75) is 19.0 Å². The summed E-state index contributed by atoms with van der Waals surface area (Å²) in [5.74, 6) is -1.35. The molecule has 2 unspecified atom stereocenters. The fourth-order valence-electron chi connectivity index (χ4n) is 1.13. The third-order valence-electron chi connectivity index (χ3n) is 1.96. The molecule has 0 radical (unpaired) electrons. The molecule has 2 amide bonds. The van der Waals surface area contributed by atoms with E-state index in [-0.39, 0.29) is 5.75 Å². The van der Waals surface area contributed by atoms with Gasteiger partial charge in [-0.3, -0.25) is 4.79 Å². The number of carbonyl (C=O) groups excluding carboxylic acids is 1. The molecule has 16 heavy (non-hydrogen) atoms. The Morgan fingerprint density at radius 1 is 1.50 bits per heavy atom. The van der Waals surface area contributed by atoms with Gasteiger partial charge in [-0.2, -0.15) is 0 Å². The summed E-state index contributed by atoms with van der Waals surface area (Å²) in [6, 6.07) is -2.34. The summed E-state index contributed by atoms with van der Waals surface area (Å²) < 4.78 is 22.0. The molecule has 0 aromatic heterocycles. The lowest BCUT2D eigenvalue weighted by atomic mass is 10.3. The maximum absolute atomic E-state index is 11.2. The zero-order chi connectivity index (χ0) is 12.3. The van der Waals surface area contributed by atoms with Crippen LogP contribution in [0.1, 0.15) is 6.92 Å². The Morgan fingerprint density at radius 2 is 2.12 bits per heavy atom. The third-order valence-corrected chi connectivity index (χ3v) is 3.36. The van der Waals surface area contributed by atoms with Gasteiger partial charge in [-0.1, -0.05) is 0 Å². The number of amides is 2. The number of urea groups is 1. The Balaban J connectivity index is 2.43. The molecule has 0 aliphatic carbocycles. The maximum Gasteiger partial charge on any atom is 0.325 e. The molecule has 2 atom stereocenters. The van der Waals surface area contributed by atoms with Gasteiger partial charge in [0.15, 0.2) is 9.84 Å². The number of nitrogens with one attached hydrogen (secondary N) is 2. The van der Waals surface area contributed by atoms with Crippen LogP contribution in [-0.2, 0) is 14.6 Å². The molecular formula is C8H12N2O5S. The van der Waals surface area contributed by atoms with E-state index in [4.69, 9.17) is 5.11 Å². The average molecular weight is 248 g/mol. The van der Waals surface area contributed by atoms with Crippen molar-refractivity contribution in [3.63, 3.8) is 0 Å². The predicted octanol–water partition coefficient (Wildman–Crippen LogP) is -0.931. The second kappa shape index (κ2) is 4.52. The molecule has 8 heteroatoms. The van der Waals surface area contributed by atoms with Crippen molar-refractivity contribution in [2.75, 3.05) is 5.75 Å². The summed E-state index contributed by atoms with van der Waals surface area (Å²) >= 11 is 0. The quantitative estimate of drug-likeness (QED) is 0.597. The van der Waals surface area contributed by atoms with Crippen molar-refractivity contribution in [1.29, 1.82) is 0 Å². The van der Waals surface area contributed by atoms with E-state index >= 15 is 0 Å². The molecule has 1 rings (SSSR count). The van der Waals surface area contributed by atoms with Gasteiger partial charge >= 0.3 is 12.0 Å². The fraction of sp³-hybridized carbons (Fsp3) is 0.500. The lowest BCUT2D eigenvalue weighted by molar-refractivity contribution is -0.138. The monoisotopic (exact) mass is 248 g/mol. The molecule has 1 heterocycles. The molecule has 0 saturated heterocycles. The minimum Gasteiger partial charge on any atom is -0.480 e. The van der Waals surface area contributed by atoms with Gasteiger partial charge in [0.25, 0.3) is 0 Å². The Kier molecular flexibility index (Phi) is 3.53. The highest BCUT2D eigenvalue weighted by Crippen LogP contribution is 2.07. The molecule has 0 aromatic rings. The molecule has 3 N–H and O–H groups in total. The van der Waals surface area contributed by atoms with Gasteiger partial charge < -0.3 is 15.7 Å². The topological polar surface area (TPSA) is 113 Å². The van der Waals surface area contributed by atoms with Crippen molar-refractivity contribution >= 4 is 21.8 Å². The summed E-state index contributed by atoms with van der Waals surface area (Å²) in [7, 11) is -3.23. The lowest BCUT2D eigenvalue weighted by Crippen LogP contribution is -2.48. The van der Waals surface area contributed by atoms with Crippen molar-refractivity contribution in [2.24, 2.45) is 0 Å². The van der Waals surface area contributed by atoms with E-state index in [1.165, 1.54) is 13.0 Å². The molecule has 1 aliphatic rings. The SMILES string of the molecule is CC(NC(=O)NC1C=CS(=O)(=O)C1)C(=O)O. The minimum absolute atomic E-state index is 0.193. The fourth-order valence-corrected chi connectivity index (χ4v) is 2.37. The van der Waals surface area contributed by atoms with Gasteiger partial charge in [-0.25, -0.2) is 13.2 Å². The summed E-state index contributed by atoms with van der Waals surface area (Å²) in [6.07, 6.45) is 1.35. The highest BCUT2D eigenvalue weighted by Gasteiger charge is 2.24. The molecule has 0 saturated carbocycles. The van der Waals surface area contributed by atoms with Gasteiger partial charge in [-0.05, 0) is 13.0 Å². The molecule has 0 aromatic carbocycles. The lowest BCUT2D eigenvalue weighted by Gasteiger charge is -2.13. The van der Waals surface area contributed by atoms with Crippen molar-refractivity contribution in [3.8, 4) is 0 Å². The van der Waals surface area contributed by atoms with Crippen LogP contribution >= 0.6 is 0 Å². The first-order valence-corrected chi connectivity index (χ1v) is 6.22. The number of hydrogen-bond acceptors (Lipinski definition) is 4. The first-order valence-electron chi connectivity index (χ1n) is 4.51. The summed E-state index contributed by atoms with van der Waals surface area (Å²) in [6.45, 7) is 1.31. The highest BCUT2D eigenvalue weighted by molar-refractivity contribution is 7.94. The number of sulfone groups is 1. The molecule has 90 valence electrons. The van der Waals surface area contributed by atoms with Crippen LogP contribution in [0.25, 0.3) is 0 Å². The van der Waals surface area contributed by atoms with E-state index in [2.05, 4.69) is 10.6 Å². The number of carboxylic acids is 1. The molecule has 0 spiro atoms. The van der Waals surface area contributed by atoms with Crippen LogP contribution in [-0.4, -0.2) is 43.4 Å². The standard InChI is InChI=1S/C8H12N2O5S/c1-5(7(11)12)9-8(13)10-6-2-3-16(14,15)4-6/h2-3,5-6H,4H2,1H3,(H,11,12)(H2,9,10,13). The average Bonchev–Trinajstić information content (AvgIpc) is 2.44. The van der Waals surface area contributed by atoms with E-state index in [0.29, 0.717) is 0 Å². The van der Waals surface area contributed by atoms with Crippen LogP contribution in [0, 0.1) is 0 Å². The number of rotatable bonds is 3. The normalized spacial score (nSPS) is 23.7. The second-order valence-electron chi connectivity index (χ2n) is 3.44. The van der Waals surface area contributed by atoms with Crippen LogP contribution in [0.3, 0.4) is 0 Å². The minimum atomic E-state index is -3.23. The summed E-state index contributed by atoms with van der Waals surface area (Å²) in [5, 5.41) is 14.0. The first-order chi connectivity index (χ1) is 7.30. The summed E-state index contributed by atoms with van der Waals surface area (Å²) in [5.41, 5.74) is 0. The van der Waals surface area contributed by atoms with Crippen LogP contribution in [0.15, 0.2) is 11.5 Å². The zero-order valence-corrected chi connectivity index (χ0v) is 9.32. The second-order valence-corrected chi connectivity index (χ2v) is 5.37. The molecule has 0 fully saturated rings. The van der Waals surface area contributed by atoms with Crippen molar-refractivity contribution in [1.82, 2.24) is 10.6 Å². The van der Waals surface area contributed by atoms with Crippen LogP contribution in [0.4, 0.5) is 4.79 Å². The number of carboxylic acid groups (broad SMARTS) is 1. The van der Waals surface area contributed by atoms with Crippen LogP contribution < -0.4 is 10.6 Å². The van der Waals surface area contributed by atoms with Gasteiger partial charge in [0.2, 0.25) is 0 Å². The number of aliphatic carboxylic acids is 1. The maximum atomic E-state index is 11.2.